The normalized spacial score (nSPS) is 18.9. The van der Waals surface area contributed by atoms with Gasteiger partial charge >= 0.3 is 0 Å². The van der Waals surface area contributed by atoms with Gasteiger partial charge in [-0.1, -0.05) is 5.16 Å². The van der Waals surface area contributed by atoms with E-state index in [1.165, 1.54) is 6.92 Å². The van der Waals surface area contributed by atoms with Crippen molar-refractivity contribution in [2.45, 2.75) is 45.2 Å². The van der Waals surface area contributed by atoms with Gasteiger partial charge in [-0.2, -0.15) is 0 Å². The second-order valence-corrected chi connectivity index (χ2v) is 6.15. The van der Waals surface area contributed by atoms with Crippen LogP contribution in [0.15, 0.2) is 4.63 Å². The van der Waals surface area contributed by atoms with Crippen molar-refractivity contribution in [1.29, 1.82) is 0 Å². The van der Waals surface area contributed by atoms with Gasteiger partial charge < -0.3 is 20.5 Å². The van der Waals surface area contributed by atoms with Crippen LogP contribution in [-0.4, -0.2) is 77.4 Å². The Morgan fingerprint density at radius 2 is 2.00 bits per heavy atom. The summed E-state index contributed by atoms with van der Waals surface area (Å²) in [6, 6.07) is 0.490. The molecule has 1 aliphatic heterocycles. The lowest BCUT2D eigenvalue weighted by molar-refractivity contribution is -0.123. The third-order valence-electron chi connectivity index (χ3n) is 4.27. The molecule has 2 heterocycles. The average Bonchev–Trinajstić information content (AvgIpc) is 3.17. The van der Waals surface area contributed by atoms with Crippen LogP contribution in [0.5, 0.6) is 5.88 Å². The molecular formula is C16H27N5O6. The predicted octanol–water partition coefficient (Wildman–Crippen LogP) is -0.437. The molecule has 1 aromatic heterocycles. The van der Waals surface area contributed by atoms with E-state index < -0.39 is 0 Å². The zero-order chi connectivity index (χ0) is 20.2. The van der Waals surface area contributed by atoms with Crippen LogP contribution in [0.3, 0.4) is 0 Å². The number of aryl methyl sites for hydroxylation is 1. The van der Waals surface area contributed by atoms with E-state index in [-0.39, 0.29) is 30.4 Å². The molecule has 0 spiro atoms. The summed E-state index contributed by atoms with van der Waals surface area (Å²) in [5.74, 6) is 0.313. The maximum atomic E-state index is 12.0. The van der Waals surface area contributed by atoms with Gasteiger partial charge in [0.1, 0.15) is 12.3 Å². The van der Waals surface area contributed by atoms with Gasteiger partial charge in [0.05, 0.1) is 6.54 Å². The van der Waals surface area contributed by atoms with Gasteiger partial charge in [0.2, 0.25) is 11.8 Å². The number of hydrogen-bond acceptors (Lipinski definition) is 8. The lowest BCUT2D eigenvalue weighted by atomic mass is 10.1. The smallest absolute Gasteiger partial charge is 0.290 e. The standard InChI is InChI=1S/C15H25N5O4.CH2O2/c1-10-15(19-24-18-10)23-7-6-16-14(22)8-12-4-5-13(20(12)3)9-17-11(2)21;2-1-3/h12-13H,4-9H2,1-3H3,(H,16,22)(H,17,21);1H,(H,2,3)/t12-,13+;/m0./s1. The molecule has 1 aliphatic rings. The Morgan fingerprint density at radius 3 is 2.59 bits per heavy atom. The van der Waals surface area contributed by atoms with E-state index in [1.54, 1.807) is 6.92 Å². The molecule has 0 radical (unpaired) electrons. The molecule has 11 nitrogen and oxygen atoms in total. The fourth-order valence-corrected chi connectivity index (χ4v) is 2.82. The molecule has 0 saturated carbocycles. The monoisotopic (exact) mass is 385 g/mol. The van der Waals surface area contributed by atoms with Crippen LogP contribution < -0.4 is 15.4 Å². The molecule has 1 saturated heterocycles. The number of rotatable bonds is 8. The highest BCUT2D eigenvalue weighted by Crippen LogP contribution is 2.24. The first-order valence-electron chi connectivity index (χ1n) is 8.61. The highest BCUT2D eigenvalue weighted by atomic mass is 16.6. The Kier molecular flexibility index (Phi) is 9.80. The Labute approximate surface area is 157 Å². The van der Waals surface area contributed by atoms with Gasteiger partial charge in [-0.05, 0) is 32.0 Å². The third-order valence-corrected chi connectivity index (χ3v) is 4.27. The summed E-state index contributed by atoms with van der Waals surface area (Å²) in [5, 5.41) is 19.8. The molecule has 11 heteroatoms. The average molecular weight is 385 g/mol. The first kappa shape index (κ1) is 22.4. The predicted molar refractivity (Wildman–Crippen MR) is 94.1 cm³/mol. The van der Waals surface area contributed by atoms with Gasteiger partial charge in [-0.3, -0.25) is 19.3 Å². The van der Waals surface area contributed by atoms with Crippen molar-refractivity contribution in [1.82, 2.24) is 25.8 Å². The van der Waals surface area contributed by atoms with E-state index in [0.717, 1.165) is 12.8 Å². The van der Waals surface area contributed by atoms with Gasteiger partial charge in [-0.25, -0.2) is 4.63 Å². The van der Waals surface area contributed by atoms with Gasteiger partial charge in [0.25, 0.3) is 12.4 Å². The molecule has 0 aromatic carbocycles. The molecule has 3 N–H and O–H groups in total. The molecule has 152 valence electrons. The number of carbonyl (C=O) groups is 3. The van der Waals surface area contributed by atoms with E-state index in [2.05, 4.69) is 30.5 Å². The molecule has 0 unspecified atom stereocenters. The largest absolute Gasteiger partial charge is 0.483 e. The molecule has 0 aliphatic carbocycles. The topological polar surface area (TPSA) is 147 Å². The fraction of sp³-hybridized carbons (Fsp3) is 0.688. The summed E-state index contributed by atoms with van der Waals surface area (Å²) in [7, 11) is 2.00. The Morgan fingerprint density at radius 1 is 1.33 bits per heavy atom. The van der Waals surface area contributed by atoms with Crippen molar-refractivity contribution < 1.29 is 28.9 Å². The highest BCUT2D eigenvalue weighted by Gasteiger charge is 2.31. The number of nitrogens with zero attached hydrogens (tertiary/aromatic N) is 3. The summed E-state index contributed by atoms with van der Waals surface area (Å²) < 4.78 is 9.88. The minimum atomic E-state index is -0.250. The highest BCUT2D eigenvalue weighted by molar-refractivity contribution is 5.76. The van der Waals surface area contributed by atoms with Crippen molar-refractivity contribution in [2.75, 3.05) is 26.7 Å². The molecule has 27 heavy (non-hydrogen) atoms. The van der Waals surface area contributed by atoms with Crippen molar-refractivity contribution in [3.05, 3.63) is 5.69 Å². The van der Waals surface area contributed by atoms with Gasteiger partial charge in [-0.15, -0.1) is 0 Å². The van der Waals surface area contributed by atoms with E-state index in [4.69, 9.17) is 14.6 Å². The van der Waals surface area contributed by atoms with Crippen molar-refractivity contribution in [3.8, 4) is 5.88 Å². The Balaban J connectivity index is 0.00000114. The SMILES string of the molecule is CC(=O)NC[C@H]1CC[C@@H](CC(=O)NCCOc2nonc2C)N1C.O=CO. The molecule has 2 rings (SSSR count). The van der Waals surface area contributed by atoms with Gasteiger partial charge in [0.15, 0.2) is 0 Å². The number of nitrogens with one attached hydrogen (secondary N) is 2. The molecule has 2 atom stereocenters. The van der Waals surface area contributed by atoms with Crippen LogP contribution in [0, 0.1) is 6.92 Å². The van der Waals surface area contributed by atoms with E-state index in [0.29, 0.717) is 37.7 Å². The summed E-state index contributed by atoms with van der Waals surface area (Å²) in [4.78, 5) is 33.6. The van der Waals surface area contributed by atoms with Crippen LogP contribution in [-0.2, 0) is 14.4 Å². The quantitative estimate of drug-likeness (QED) is 0.400. The molecule has 1 fully saturated rings. The zero-order valence-electron chi connectivity index (χ0n) is 15.8. The van der Waals surface area contributed by atoms with E-state index in [9.17, 15) is 9.59 Å². The summed E-state index contributed by atoms with van der Waals surface area (Å²) in [6.07, 6.45) is 2.38. The molecular weight excluding hydrogens is 358 g/mol. The van der Waals surface area contributed by atoms with Crippen LogP contribution >= 0.6 is 0 Å². The minimum absolute atomic E-state index is 0.00868. The fourth-order valence-electron chi connectivity index (χ4n) is 2.82. The molecule has 2 amide bonds. The lowest BCUT2D eigenvalue weighted by Gasteiger charge is -2.25. The van der Waals surface area contributed by atoms with Crippen molar-refractivity contribution in [2.24, 2.45) is 0 Å². The Hall–Kier alpha value is -2.69. The summed E-state index contributed by atoms with van der Waals surface area (Å²) in [6.45, 7) is 4.34. The molecule has 0 bridgehead atoms. The number of ether oxygens (including phenoxy) is 1. The lowest BCUT2D eigenvalue weighted by Crippen LogP contribution is -2.42. The van der Waals surface area contributed by atoms with Crippen molar-refractivity contribution >= 4 is 18.3 Å². The van der Waals surface area contributed by atoms with E-state index in [1.807, 2.05) is 7.05 Å². The van der Waals surface area contributed by atoms with Crippen LogP contribution in [0.4, 0.5) is 0 Å². The third kappa shape index (κ3) is 8.03. The van der Waals surface area contributed by atoms with Gasteiger partial charge in [0, 0.05) is 32.0 Å². The number of likely N-dealkylation sites (tertiary alicyclic amines) is 1. The number of carboxylic acid groups (broad SMARTS) is 1. The number of carbonyl (C=O) groups excluding carboxylic acids is 2. The summed E-state index contributed by atoms with van der Waals surface area (Å²) >= 11 is 0. The zero-order valence-corrected chi connectivity index (χ0v) is 15.8. The first-order chi connectivity index (χ1) is 12.9. The summed E-state index contributed by atoms with van der Waals surface area (Å²) in [5.41, 5.74) is 0.583. The minimum Gasteiger partial charge on any atom is -0.483 e. The number of aromatic nitrogens is 2. The Bertz CT molecular complexity index is 608. The second kappa shape index (κ2) is 11.8. The van der Waals surface area contributed by atoms with Crippen molar-refractivity contribution in [3.63, 3.8) is 0 Å². The second-order valence-electron chi connectivity index (χ2n) is 6.15. The van der Waals surface area contributed by atoms with E-state index >= 15 is 0 Å². The number of amides is 2. The first-order valence-corrected chi connectivity index (χ1v) is 8.61. The number of hydrogen-bond donors (Lipinski definition) is 3. The van der Waals surface area contributed by atoms with Crippen LogP contribution in [0.1, 0.15) is 31.9 Å². The molecule has 1 aromatic rings. The maximum absolute atomic E-state index is 12.0. The maximum Gasteiger partial charge on any atom is 0.290 e. The number of likely N-dealkylation sites (N-methyl/N-ethyl adjacent to an activating group) is 1. The van der Waals surface area contributed by atoms with Crippen LogP contribution in [0.2, 0.25) is 0 Å². The van der Waals surface area contributed by atoms with Crippen LogP contribution in [0.25, 0.3) is 0 Å².